The Labute approximate surface area is 181 Å². The van der Waals surface area contributed by atoms with Crippen LogP contribution in [0.4, 0.5) is 24.7 Å². The Morgan fingerprint density at radius 3 is 2.47 bits per heavy atom. The van der Waals surface area contributed by atoms with Gasteiger partial charge in [-0.3, -0.25) is 23.9 Å². The molecule has 2 aromatic heterocycles. The number of nitrogens with zero attached hydrogens (tertiary/aromatic N) is 3. The first-order valence-electron chi connectivity index (χ1n) is 10.1. The molecule has 12 heteroatoms. The van der Waals surface area contributed by atoms with Crippen LogP contribution < -0.4 is 27.4 Å². The van der Waals surface area contributed by atoms with Crippen molar-refractivity contribution in [2.75, 3.05) is 17.2 Å². The number of nitrogens with one attached hydrogen (secondary N) is 1. The van der Waals surface area contributed by atoms with Gasteiger partial charge >= 0.3 is 11.9 Å². The first-order chi connectivity index (χ1) is 14.9. The van der Waals surface area contributed by atoms with Gasteiger partial charge in [-0.05, 0) is 24.5 Å². The quantitative estimate of drug-likeness (QED) is 0.626. The summed E-state index contributed by atoms with van der Waals surface area (Å²) >= 11 is 0. The molecule has 0 radical (unpaired) electrons. The van der Waals surface area contributed by atoms with Gasteiger partial charge in [0.2, 0.25) is 5.91 Å². The molecule has 3 N–H and O–H groups in total. The summed E-state index contributed by atoms with van der Waals surface area (Å²) in [7, 11) is 0. The van der Waals surface area contributed by atoms with Crippen molar-refractivity contribution in [2.24, 2.45) is 5.92 Å². The lowest BCUT2D eigenvalue weighted by atomic mass is 10.2. The highest BCUT2D eigenvalue weighted by molar-refractivity contribution is 5.95. The lowest BCUT2D eigenvalue weighted by Crippen LogP contribution is -2.44. The average molecular weight is 457 g/mol. The third-order valence-electron chi connectivity index (χ3n) is 4.70. The highest BCUT2D eigenvalue weighted by Crippen LogP contribution is 2.26. The Morgan fingerprint density at radius 1 is 1.25 bits per heavy atom. The van der Waals surface area contributed by atoms with Crippen LogP contribution >= 0.6 is 0 Å². The van der Waals surface area contributed by atoms with Gasteiger partial charge in [0.25, 0.3) is 11.1 Å². The van der Waals surface area contributed by atoms with Crippen LogP contribution in [0.3, 0.4) is 0 Å². The molecule has 0 saturated heterocycles. The lowest BCUT2D eigenvalue weighted by molar-refractivity contribution is -0.139. The zero-order chi connectivity index (χ0) is 24.2. The molecule has 2 aromatic rings. The van der Waals surface area contributed by atoms with Gasteiger partial charge in [0, 0.05) is 19.3 Å². The van der Waals surface area contributed by atoms with Crippen molar-refractivity contribution >= 4 is 17.4 Å². The number of unbranched alkanes of at least 4 members (excludes halogenated alkanes) is 1. The summed E-state index contributed by atoms with van der Waals surface area (Å²) < 4.78 is 40.9. The van der Waals surface area contributed by atoms with E-state index in [2.05, 4.69) is 4.98 Å². The molecule has 0 spiro atoms. The van der Waals surface area contributed by atoms with Crippen LogP contribution in [0.1, 0.15) is 39.2 Å². The number of rotatable bonds is 8. The summed E-state index contributed by atoms with van der Waals surface area (Å²) in [6.07, 6.45) is -2.73. The lowest BCUT2D eigenvalue weighted by Gasteiger charge is -2.25. The fourth-order valence-corrected chi connectivity index (χ4v) is 3.17. The van der Waals surface area contributed by atoms with Gasteiger partial charge in [0.1, 0.15) is 17.9 Å². The predicted octanol–water partition coefficient (Wildman–Crippen LogP) is 1.79. The normalized spacial score (nSPS) is 11.7. The van der Waals surface area contributed by atoms with E-state index >= 15 is 0 Å². The molecule has 0 aliphatic heterocycles. The summed E-state index contributed by atoms with van der Waals surface area (Å²) in [5.74, 6) is -1.04. The second-order valence-corrected chi connectivity index (χ2v) is 7.75. The molecule has 2 rings (SSSR count). The van der Waals surface area contributed by atoms with Gasteiger partial charge in [-0.15, -0.1) is 0 Å². The maximum Gasteiger partial charge on any atom is 0.421 e. The molecule has 176 valence electrons. The van der Waals surface area contributed by atoms with Crippen LogP contribution in [0.2, 0.25) is 0 Å². The molecule has 32 heavy (non-hydrogen) atoms. The molecular formula is C20H26F3N5O4. The number of halogens is 3. The van der Waals surface area contributed by atoms with E-state index in [4.69, 9.17) is 5.73 Å². The summed E-state index contributed by atoms with van der Waals surface area (Å²) in [6, 6.07) is 1.64. The minimum Gasteiger partial charge on any atom is -0.383 e. The van der Waals surface area contributed by atoms with Crippen LogP contribution in [-0.4, -0.2) is 26.6 Å². The van der Waals surface area contributed by atoms with Gasteiger partial charge in [-0.1, -0.05) is 27.2 Å². The Hall–Kier alpha value is -3.31. The van der Waals surface area contributed by atoms with Crippen LogP contribution in [-0.2, 0) is 24.1 Å². The molecule has 0 aromatic carbocycles. The van der Waals surface area contributed by atoms with E-state index in [1.54, 1.807) is 0 Å². The molecule has 1 amide bonds. The van der Waals surface area contributed by atoms with Crippen molar-refractivity contribution in [3.63, 3.8) is 0 Å². The number of carbonyl (C=O) groups is 1. The number of amides is 1. The van der Waals surface area contributed by atoms with E-state index in [-0.39, 0.29) is 30.5 Å². The number of hydrogen-bond donors (Lipinski definition) is 2. The van der Waals surface area contributed by atoms with E-state index < -0.39 is 41.0 Å². The molecule has 0 aliphatic rings. The fraction of sp³-hybridized carbons (Fsp3) is 0.500. The summed E-state index contributed by atoms with van der Waals surface area (Å²) in [4.78, 5) is 53.1. The number of pyridine rings is 1. The number of anilines is 2. The standard InChI is InChI=1S/C20H26F3N5O4/c1-4-5-9-27(15-16(24)28(10-12(2)3)19(32)25-17(15)30)14(29)11-26-8-6-7-13(18(26)31)20(21,22)23/h6-8,12H,4-5,9-11,24H2,1-3H3,(H,25,30,32). The minimum absolute atomic E-state index is 0.00256. The number of hydrogen-bond acceptors (Lipinski definition) is 5. The Kier molecular flexibility index (Phi) is 7.70. The van der Waals surface area contributed by atoms with Gasteiger partial charge in [-0.2, -0.15) is 13.2 Å². The van der Waals surface area contributed by atoms with E-state index in [1.165, 1.54) is 0 Å². The van der Waals surface area contributed by atoms with Gasteiger partial charge in [-0.25, -0.2) is 4.79 Å². The Balaban J connectivity index is 2.55. The van der Waals surface area contributed by atoms with Gasteiger partial charge in [0.05, 0.1) is 0 Å². The monoisotopic (exact) mass is 457 g/mol. The first kappa shape index (κ1) is 25.0. The van der Waals surface area contributed by atoms with Crippen molar-refractivity contribution in [2.45, 2.75) is 52.9 Å². The third-order valence-corrected chi connectivity index (χ3v) is 4.70. The second kappa shape index (κ2) is 9.88. The summed E-state index contributed by atoms with van der Waals surface area (Å²) in [6.45, 7) is 4.96. The average Bonchev–Trinajstić information content (AvgIpc) is 2.68. The van der Waals surface area contributed by atoms with Crippen molar-refractivity contribution in [3.05, 3.63) is 55.1 Å². The third kappa shape index (κ3) is 5.48. The number of nitrogen functional groups attached to an aromatic ring is 1. The van der Waals surface area contributed by atoms with Gasteiger partial charge < -0.3 is 15.2 Å². The number of carbonyl (C=O) groups excluding carboxylic acids is 1. The van der Waals surface area contributed by atoms with Crippen molar-refractivity contribution < 1.29 is 18.0 Å². The molecule has 0 atom stereocenters. The molecular weight excluding hydrogens is 431 g/mol. The second-order valence-electron chi connectivity index (χ2n) is 7.75. The molecule has 0 fully saturated rings. The smallest absolute Gasteiger partial charge is 0.383 e. The zero-order valence-electron chi connectivity index (χ0n) is 18.0. The number of aromatic nitrogens is 3. The van der Waals surface area contributed by atoms with Crippen LogP contribution in [0.25, 0.3) is 0 Å². The van der Waals surface area contributed by atoms with Crippen LogP contribution in [0, 0.1) is 5.92 Å². The Morgan fingerprint density at radius 2 is 1.91 bits per heavy atom. The minimum atomic E-state index is -4.88. The van der Waals surface area contributed by atoms with Gasteiger partial charge in [0.15, 0.2) is 5.69 Å². The van der Waals surface area contributed by atoms with E-state index in [0.717, 1.165) is 21.7 Å². The van der Waals surface area contributed by atoms with Crippen LogP contribution in [0.5, 0.6) is 0 Å². The number of aromatic amines is 1. The number of alkyl halides is 3. The molecule has 2 heterocycles. The fourth-order valence-electron chi connectivity index (χ4n) is 3.17. The molecule has 9 nitrogen and oxygen atoms in total. The SMILES string of the molecule is CCCCN(C(=O)Cn1cccc(C(F)(F)F)c1=O)c1c(N)n(CC(C)C)c(=O)[nH]c1=O. The molecule has 0 unspecified atom stereocenters. The van der Waals surface area contributed by atoms with Crippen molar-refractivity contribution in [1.29, 1.82) is 0 Å². The van der Waals surface area contributed by atoms with Crippen molar-refractivity contribution in [3.8, 4) is 0 Å². The molecule has 0 aliphatic carbocycles. The maximum atomic E-state index is 13.0. The molecule has 0 saturated carbocycles. The van der Waals surface area contributed by atoms with E-state index in [0.29, 0.717) is 23.5 Å². The first-order valence-corrected chi connectivity index (χ1v) is 10.1. The largest absolute Gasteiger partial charge is 0.421 e. The highest BCUT2D eigenvalue weighted by atomic mass is 19.4. The zero-order valence-corrected chi connectivity index (χ0v) is 18.0. The van der Waals surface area contributed by atoms with E-state index in [9.17, 15) is 32.3 Å². The number of H-pyrrole nitrogens is 1. The van der Waals surface area contributed by atoms with Crippen LogP contribution in [0.15, 0.2) is 32.7 Å². The highest BCUT2D eigenvalue weighted by Gasteiger charge is 2.34. The molecule has 0 bridgehead atoms. The predicted molar refractivity (Wildman–Crippen MR) is 114 cm³/mol. The summed E-state index contributed by atoms with van der Waals surface area (Å²) in [5.41, 5.74) is 1.39. The maximum absolute atomic E-state index is 13.0. The van der Waals surface area contributed by atoms with Crippen molar-refractivity contribution in [1.82, 2.24) is 14.1 Å². The van der Waals surface area contributed by atoms with E-state index in [1.807, 2.05) is 20.8 Å². The number of nitrogens with two attached hydrogens (primary N) is 1. The summed E-state index contributed by atoms with van der Waals surface area (Å²) in [5, 5.41) is 0. The topological polar surface area (TPSA) is 123 Å². The Bertz CT molecular complexity index is 1150.